The smallest absolute Gasteiger partial charge is 0.311 e. The fraction of sp³-hybridized carbons (Fsp3) is 0. The molecule has 0 unspecified atom stereocenters. The number of carbonyl (C=O) groups excluding carboxylic acids is 2. The summed E-state index contributed by atoms with van der Waals surface area (Å²) in [5.74, 6) is -1.48. The van der Waals surface area contributed by atoms with Gasteiger partial charge in [0.25, 0.3) is 0 Å². The fourth-order valence-corrected chi connectivity index (χ4v) is 2.37. The van der Waals surface area contributed by atoms with Gasteiger partial charge < -0.3 is 5.11 Å². The van der Waals surface area contributed by atoms with Gasteiger partial charge in [0.05, 0.1) is 10.5 Å². The summed E-state index contributed by atoms with van der Waals surface area (Å²) in [5, 5.41) is 20.7. The third kappa shape index (κ3) is 1.98. The van der Waals surface area contributed by atoms with Crippen molar-refractivity contribution in [2.75, 3.05) is 0 Å². The third-order valence-electron chi connectivity index (χ3n) is 3.45. The minimum atomic E-state index is -0.732. The molecule has 0 aromatic heterocycles. The fourth-order valence-electron chi connectivity index (χ4n) is 2.37. The number of phenolic OH excluding ortho intramolecular Hbond substituents is 1. The number of ketones is 2. The molecule has 108 valence electrons. The zero-order valence-electron chi connectivity index (χ0n) is 11.1. The van der Waals surface area contributed by atoms with Gasteiger partial charge in [-0.3, -0.25) is 19.7 Å². The third-order valence-corrected chi connectivity index (χ3v) is 3.45. The number of rotatable bonds is 2. The van der Waals surface area contributed by atoms with E-state index in [1.807, 2.05) is 0 Å². The van der Waals surface area contributed by atoms with Gasteiger partial charge in [0, 0.05) is 22.8 Å². The van der Waals surface area contributed by atoms with Crippen molar-refractivity contribution < 1.29 is 19.6 Å². The predicted molar refractivity (Wildman–Crippen MR) is 77.8 cm³/mol. The summed E-state index contributed by atoms with van der Waals surface area (Å²) in [6, 6.07) is 10.3. The van der Waals surface area contributed by atoms with Crippen molar-refractivity contribution in [2.24, 2.45) is 0 Å². The topological polar surface area (TPSA) is 97.5 Å². The molecule has 0 bridgehead atoms. The second kappa shape index (κ2) is 4.92. The molecule has 1 N–H and O–H groups in total. The Morgan fingerprint density at radius 3 is 2.09 bits per heavy atom. The highest BCUT2D eigenvalue weighted by atomic mass is 16.6. The van der Waals surface area contributed by atoms with Gasteiger partial charge >= 0.3 is 5.69 Å². The van der Waals surface area contributed by atoms with Gasteiger partial charge in [-0.2, -0.15) is 0 Å². The number of nitro benzene ring substituents is 1. The molecule has 0 spiro atoms. The minimum absolute atomic E-state index is 0.0544. The second-order valence-corrected chi connectivity index (χ2v) is 4.73. The zero-order valence-corrected chi connectivity index (χ0v) is 11.1. The Kier molecular flexibility index (Phi) is 3.06. The Morgan fingerprint density at radius 1 is 0.955 bits per heavy atom. The number of hydrogen-bond acceptors (Lipinski definition) is 5. The molecule has 1 aliphatic carbocycles. The van der Waals surface area contributed by atoms with Gasteiger partial charge in [0.15, 0.2) is 11.6 Å². The monoisotopic (exact) mass is 295 g/mol. The van der Waals surface area contributed by atoms with Crippen molar-refractivity contribution in [2.45, 2.75) is 0 Å². The van der Waals surface area contributed by atoms with Gasteiger partial charge in [-0.1, -0.05) is 36.4 Å². The molecule has 2 aromatic rings. The lowest BCUT2D eigenvalue weighted by Crippen LogP contribution is -2.00. The lowest BCUT2D eigenvalue weighted by Gasteiger charge is -2.01. The standard InChI is InChI=1S/C16H9NO5/c18-14-9(4-3-7-13(14)17(21)22)8-12-15(19)10-5-1-2-6-11(10)16(12)20/h1-8,18H. The van der Waals surface area contributed by atoms with Gasteiger partial charge in [0.1, 0.15) is 0 Å². The summed E-state index contributed by atoms with van der Waals surface area (Å²) in [5.41, 5.74) is 0.0489. The molecule has 0 radical (unpaired) electrons. The molecule has 0 aliphatic heterocycles. The van der Waals surface area contributed by atoms with E-state index >= 15 is 0 Å². The number of Topliss-reactive ketones (excluding diaryl/α,β-unsaturated/α-hetero) is 2. The number of aromatic hydroxyl groups is 1. The van der Waals surface area contributed by atoms with E-state index in [9.17, 15) is 24.8 Å². The summed E-state index contributed by atoms with van der Waals surface area (Å²) in [7, 11) is 0. The number of para-hydroxylation sites is 1. The van der Waals surface area contributed by atoms with E-state index < -0.39 is 27.9 Å². The highest BCUT2D eigenvalue weighted by Gasteiger charge is 2.33. The van der Waals surface area contributed by atoms with Crippen LogP contribution in [0.25, 0.3) is 6.08 Å². The molecule has 22 heavy (non-hydrogen) atoms. The molecule has 0 heterocycles. The number of allylic oxidation sites excluding steroid dienone is 1. The van der Waals surface area contributed by atoms with E-state index in [2.05, 4.69) is 0 Å². The van der Waals surface area contributed by atoms with Crippen molar-refractivity contribution in [3.63, 3.8) is 0 Å². The van der Waals surface area contributed by atoms with Gasteiger partial charge in [0.2, 0.25) is 5.75 Å². The average Bonchev–Trinajstić information content (AvgIpc) is 2.74. The van der Waals surface area contributed by atoms with E-state index in [-0.39, 0.29) is 11.1 Å². The first-order valence-corrected chi connectivity index (χ1v) is 6.37. The molecule has 6 nitrogen and oxygen atoms in total. The van der Waals surface area contributed by atoms with Crippen LogP contribution in [0.3, 0.4) is 0 Å². The van der Waals surface area contributed by atoms with Crippen molar-refractivity contribution in [3.05, 3.63) is 74.8 Å². The summed E-state index contributed by atoms with van der Waals surface area (Å²) in [6.45, 7) is 0. The Hall–Kier alpha value is -3.28. The number of benzene rings is 2. The number of nitrogens with zero attached hydrogens (tertiary/aromatic N) is 1. The first-order valence-electron chi connectivity index (χ1n) is 6.37. The van der Waals surface area contributed by atoms with Gasteiger partial charge in [-0.05, 0) is 6.08 Å². The molecular weight excluding hydrogens is 286 g/mol. The van der Waals surface area contributed by atoms with E-state index in [1.54, 1.807) is 24.3 Å². The first-order chi connectivity index (χ1) is 10.5. The molecule has 6 heteroatoms. The van der Waals surface area contributed by atoms with Crippen LogP contribution in [0.15, 0.2) is 48.0 Å². The summed E-state index contributed by atoms with van der Waals surface area (Å²) < 4.78 is 0. The highest BCUT2D eigenvalue weighted by Crippen LogP contribution is 2.33. The van der Waals surface area contributed by atoms with Crippen molar-refractivity contribution >= 4 is 23.3 Å². The molecule has 2 aromatic carbocycles. The molecular formula is C16H9NO5. The lowest BCUT2D eigenvalue weighted by atomic mass is 10.1. The molecule has 0 saturated carbocycles. The summed E-state index contributed by atoms with van der Waals surface area (Å²) in [4.78, 5) is 34.6. The van der Waals surface area contributed by atoms with Crippen LogP contribution in [0.5, 0.6) is 5.75 Å². The van der Waals surface area contributed by atoms with Crippen LogP contribution in [0.4, 0.5) is 5.69 Å². The van der Waals surface area contributed by atoms with Crippen LogP contribution in [-0.4, -0.2) is 21.6 Å². The highest BCUT2D eigenvalue weighted by molar-refractivity contribution is 6.41. The maximum Gasteiger partial charge on any atom is 0.311 e. The largest absolute Gasteiger partial charge is 0.502 e. The van der Waals surface area contributed by atoms with Crippen LogP contribution in [0, 0.1) is 10.1 Å². The Morgan fingerprint density at radius 2 is 1.55 bits per heavy atom. The van der Waals surface area contributed by atoms with Gasteiger partial charge in [-0.15, -0.1) is 0 Å². The molecule has 3 rings (SSSR count). The number of phenols is 1. The zero-order chi connectivity index (χ0) is 15.9. The Balaban J connectivity index is 2.12. The van der Waals surface area contributed by atoms with Crippen LogP contribution in [-0.2, 0) is 0 Å². The van der Waals surface area contributed by atoms with E-state index in [0.29, 0.717) is 11.1 Å². The quantitative estimate of drug-likeness (QED) is 0.397. The molecule has 0 amide bonds. The number of fused-ring (bicyclic) bond motifs is 1. The summed E-state index contributed by atoms with van der Waals surface area (Å²) >= 11 is 0. The van der Waals surface area contributed by atoms with Crippen LogP contribution in [0.2, 0.25) is 0 Å². The molecule has 0 saturated heterocycles. The maximum absolute atomic E-state index is 12.2. The number of carbonyl (C=O) groups is 2. The van der Waals surface area contributed by atoms with Crippen molar-refractivity contribution in [1.82, 2.24) is 0 Å². The molecule has 0 fully saturated rings. The average molecular weight is 295 g/mol. The van der Waals surface area contributed by atoms with Crippen LogP contribution >= 0.6 is 0 Å². The number of nitro groups is 1. The first kappa shape index (κ1) is 13.7. The van der Waals surface area contributed by atoms with Crippen LogP contribution < -0.4 is 0 Å². The number of hydrogen-bond donors (Lipinski definition) is 1. The van der Waals surface area contributed by atoms with Crippen LogP contribution in [0.1, 0.15) is 26.3 Å². The maximum atomic E-state index is 12.2. The van der Waals surface area contributed by atoms with E-state index in [0.717, 1.165) is 6.07 Å². The Labute approximate surface area is 124 Å². The van der Waals surface area contributed by atoms with Crippen molar-refractivity contribution in [1.29, 1.82) is 0 Å². The second-order valence-electron chi connectivity index (χ2n) is 4.73. The minimum Gasteiger partial charge on any atom is -0.502 e. The normalized spacial score (nSPS) is 13.2. The predicted octanol–water partition coefficient (Wildman–Crippen LogP) is 2.76. The van der Waals surface area contributed by atoms with Crippen molar-refractivity contribution in [3.8, 4) is 5.75 Å². The molecule has 0 atom stereocenters. The summed E-state index contributed by atoms with van der Waals surface area (Å²) in [6.07, 6.45) is 1.19. The van der Waals surface area contributed by atoms with E-state index in [1.165, 1.54) is 18.2 Å². The van der Waals surface area contributed by atoms with E-state index in [4.69, 9.17) is 0 Å². The molecule has 1 aliphatic rings. The Bertz CT molecular complexity index is 830. The SMILES string of the molecule is O=C1C(=Cc2cccc([N+](=O)[O-])c2O)C(=O)c2ccccc21. The lowest BCUT2D eigenvalue weighted by molar-refractivity contribution is -0.385. The van der Waals surface area contributed by atoms with Gasteiger partial charge in [-0.25, -0.2) is 0 Å².